The van der Waals surface area contributed by atoms with Gasteiger partial charge < -0.3 is 9.64 Å². The van der Waals surface area contributed by atoms with E-state index in [1.54, 1.807) is 11.9 Å². The molecule has 1 aliphatic rings. The van der Waals surface area contributed by atoms with Gasteiger partial charge in [-0.15, -0.1) is 0 Å². The second-order valence-electron chi connectivity index (χ2n) is 2.04. The lowest BCUT2D eigenvalue weighted by atomic mass is 10.4. The van der Waals surface area contributed by atoms with Gasteiger partial charge in [0.05, 0.1) is 6.04 Å². The Morgan fingerprint density at radius 3 is 2.20 bits per heavy atom. The summed E-state index contributed by atoms with van der Waals surface area (Å²) in [5.74, 6) is 0. The van der Waals surface area contributed by atoms with Crippen LogP contribution in [0.1, 0.15) is 20.8 Å². The molecule has 0 aromatic rings. The highest BCUT2D eigenvalue weighted by Gasteiger charge is 2.24. The second-order valence-corrected chi connectivity index (χ2v) is 2.04. The lowest BCUT2D eigenvalue weighted by Crippen LogP contribution is -2.25. The van der Waals surface area contributed by atoms with Gasteiger partial charge in [0, 0.05) is 7.05 Å². The van der Waals surface area contributed by atoms with E-state index in [1.165, 1.54) is 0 Å². The lowest BCUT2D eigenvalue weighted by molar-refractivity contribution is 0.163. The molecule has 1 aliphatic heterocycles. The lowest BCUT2D eigenvalue weighted by Gasteiger charge is -2.08. The Labute approximate surface area is 62.0 Å². The highest BCUT2D eigenvalue weighted by molar-refractivity contribution is 5.69. The highest BCUT2D eigenvalue weighted by Crippen LogP contribution is 2.06. The van der Waals surface area contributed by atoms with Gasteiger partial charge in [0.2, 0.25) is 0 Å². The van der Waals surface area contributed by atoms with Crippen LogP contribution in [-0.2, 0) is 4.74 Å². The third-order valence-corrected chi connectivity index (χ3v) is 1.40. The van der Waals surface area contributed by atoms with Gasteiger partial charge in [-0.25, -0.2) is 4.79 Å². The molecular weight excluding hydrogens is 130 g/mol. The van der Waals surface area contributed by atoms with Gasteiger partial charge in [-0.1, -0.05) is 13.8 Å². The van der Waals surface area contributed by atoms with Crippen LogP contribution in [0.2, 0.25) is 0 Å². The van der Waals surface area contributed by atoms with E-state index in [2.05, 4.69) is 4.74 Å². The van der Waals surface area contributed by atoms with E-state index in [0.29, 0.717) is 6.61 Å². The zero-order chi connectivity index (χ0) is 8.15. The monoisotopic (exact) mass is 145 g/mol. The van der Waals surface area contributed by atoms with E-state index in [0.717, 1.165) is 0 Å². The largest absolute Gasteiger partial charge is 0.447 e. The predicted molar refractivity (Wildman–Crippen MR) is 39.9 cm³/mol. The van der Waals surface area contributed by atoms with Gasteiger partial charge in [0.25, 0.3) is 0 Å². The topological polar surface area (TPSA) is 29.5 Å². The van der Waals surface area contributed by atoms with E-state index in [9.17, 15) is 4.79 Å². The maximum Gasteiger partial charge on any atom is 0.409 e. The molecule has 0 spiro atoms. The minimum absolute atomic E-state index is 0.211. The molecule has 0 aliphatic carbocycles. The number of nitrogens with zero attached hydrogens (tertiary/aromatic N) is 1. The highest BCUT2D eigenvalue weighted by atomic mass is 16.6. The molecule has 0 unspecified atom stereocenters. The summed E-state index contributed by atoms with van der Waals surface area (Å²) in [6, 6.07) is 0.252. The van der Waals surface area contributed by atoms with Crippen LogP contribution in [0.4, 0.5) is 4.79 Å². The van der Waals surface area contributed by atoms with Gasteiger partial charge in [-0.05, 0) is 6.92 Å². The zero-order valence-corrected chi connectivity index (χ0v) is 7.05. The maximum atomic E-state index is 10.5. The van der Waals surface area contributed by atoms with Crippen LogP contribution in [0.3, 0.4) is 0 Å². The number of cyclic esters (lactones) is 1. The SMILES string of the molecule is CC.C[C@@H]1COC(=O)N1C. The van der Waals surface area contributed by atoms with Gasteiger partial charge >= 0.3 is 6.09 Å². The van der Waals surface area contributed by atoms with Crippen LogP contribution in [0.15, 0.2) is 0 Å². The molecule has 1 fully saturated rings. The van der Waals surface area contributed by atoms with Crippen molar-refractivity contribution in [2.75, 3.05) is 13.7 Å². The number of amides is 1. The summed E-state index contributed by atoms with van der Waals surface area (Å²) in [5, 5.41) is 0. The van der Waals surface area contributed by atoms with Crippen LogP contribution < -0.4 is 0 Å². The van der Waals surface area contributed by atoms with Crippen molar-refractivity contribution < 1.29 is 9.53 Å². The maximum absolute atomic E-state index is 10.5. The van der Waals surface area contributed by atoms with Crippen molar-refractivity contribution in [3.05, 3.63) is 0 Å². The summed E-state index contributed by atoms with van der Waals surface area (Å²) in [5.41, 5.74) is 0. The van der Waals surface area contributed by atoms with E-state index >= 15 is 0 Å². The first-order chi connectivity index (χ1) is 4.72. The molecule has 0 bridgehead atoms. The van der Waals surface area contributed by atoms with Gasteiger partial charge in [0.15, 0.2) is 0 Å². The zero-order valence-electron chi connectivity index (χ0n) is 7.05. The van der Waals surface area contributed by atoms with Crippen molar-refractivity contribution >= 4 is 6.09 Å². The molecule has 1 saturated heterocycles. The number of carbonyl (C=O) groups is 1. The van der Waals surface area contributed by atoms with Gasteiger partial charge in [0.1, 0.15) is 6.61 Å². The molecule has 1 heterocycles. The number of likely N-dealkylation sites (N-methyl/N-ethyl adjacent to an activating group) is 1. The first-order valence-electron chi connectivity index (χ1n) is 3.61. The average molecular weight is 145 g/mol. The van der Waals surface area contributed by atoms with Crippen LogP contribution in [0.25, 0.3) is 0 Å². The fourth-order valence-corrected chi connectivity index (χ4v) is 0.585. The Balaban J connectivity index is 0.000000371. The van der Waals surface area contributed by atoms with E-state index in [-0.39, 0.29) is 12.1 Å². The number of rotatable bonds is 0. The Bertz CT molecular complexity index is 114. The van der Waals surface area contributed by atoms with Crippen LogP contribution >= 0.6 is 0 Å². The Morgan fingerprint density at radius 2 is 2.10 bits per heavy atom. The molecule has 1 rings (SSSR count). The number of ether oxygens (including phenoxy) is 1. The molecule has 0 N–H and O–H groups in total. The smallest absolute Gasteiger partial charge is 0.409 e. The molecule has 0 aromatic heterocycles. The third-order valence-electron chi connectivity index (χ3n) is 1.40. The molecule has 1 atom stereocenters. The number of hydrogen-bond acceptors (Lipinski definition) is 2. The van der Waals surface area contributed by atoms with Crippen LogP contribution in [0.5, 0.6) is 0 Å². The van der Waals surface area contributed by atoms with Crippen molar-refractivity contribution in [2.45, 2.75) is 26.8 Å². The van der Waals surface area contributed by atoms with E-state index in [1.807, 2.05) is 20.8 Å². The third kappa shape index (κ3) is 1.90. The second kappa shape index (κ2) is 4.14. The Morgan fingerprint density at radius 1 is 1.60 bits per heavy atom. The first kappa shape index (κ1) is 9.27. The number of carbonyl (C=O) groups excluding carboxylic acids is 1. The van der Waals surface area contributed by atoms with Crippen molar-refractivity contribution in [2.24, 2.45) is 0 Å². The van der Waals surface area contributed by atoms with Crippen LogP contribution in [0, 0.1) is 0 Å². The number of hydrogen-bond donors (Lipinski definition) is 0. The summed E-state index contributed by atoms with van der Waals surface area (Å²) in [4.78, 5) is 12.1. The fraction of sp³-hybridized carbons (Fsp3) is 0.857. The van der Waals surface area contributed by atoms with Crippen molar-refractivity contribution in [3.63, 3.8) is 0 Å². The fourth-order valence-electron chi connectivity index (χ4n) is 0.585. The molecule has 3 nitrogen and oxygen atoms in total. The van der Waals surface area contributed by atoms with Crippen molar-refractivity contribution in [1.29, 1.82) is 0 Å². The minimum atomic E-state index is -0.211. The van der Waals surface area contributed by atoms with E-state index < -0.39 is 0 Å². The van der Waals surface area contributed by atoms with Crippen molar-refractivity contribution in [1.82, 2.24) is 4.90 Å². The summed E-state index contributed by atoms with van der Waals surface area (Å²) in [7, 11) is 1.74. The molecule has 0 saturated carbocycles. The first-order valence-corrected chi connectivity index (χ1v) is 3.61. The average Bonchev–Trinajstić information content (AvgIpc) is 2.25. The minimum Gasteiger partial charge on any atom is -0.447 e. The van der Waals surface area contributed by atoms with Gasteiger partial charge in [-0.2, -0.15) is 0 Å². The normalized spacial score (nSPS) is 23.4. The Kier molecular flexibility index (Phi) is 3.84. The molecule has 10 heavy (non-hydrogen) atoms. The van der Waals surface area contributed by atoms with Crippen LogP contribution in [-0.4, -0.2) is 30.7 Å². The molecule has 1 amide bonds. The molecule has 60 valence electrons. The molecule has 0 aromatic carbocycles. The standard InChI is InChI=1S/C5H9NO2.C2H6/c1-4-3-8-5(7)6(4)2;1-2/h4H,3H2,1-2H3;1-2H3/t4-;/m1./s1. The predicted octanol–water partition coefficient (Wildman–Crippen LogP) is 1.48. The molecular formula is C7H15NO2. The Hall–Kier alpha value is -0.730. The molecule has 0 radical (unpaired) electrons. The van der Waals surface area contributed by atoms with Crippen molar-refractivity contribution in [3.8, 4) is 0 Å². The molecule has 3 heteroatoms. The summed E-state index contributed by atoms with van der Waals surface area (Å²) in [6.07, 6.45) is -0.211. The summed E-state index contributed by atoms with van der Waals surface area (Å²) < 4.78 is 4.66. The van der Waals surface area contributed by atoms with E-state index in [4.69, 9.17) is 0 Å². The summed E-state index contributed by atoms with van der Waals surface area (Å²) >= 11 is 0. The van der Waals surface area contributed by atoms with Gasteiger partial charge in [-0.3, -0.25) is 0 Å². The summed E-state index contributed by atoms with van der Waals surface area (Å²) in [6.45, 7) is 6.49. The quantitative estimate of drug-likeness (QED) is 0.516.